The number of amides is 2. The minimum Gasteiger partial charge on any atom is -0.394 e. The van der Waals surface area contributed by atoms with Gasteiger partial charge in [0.2, 0.25) is 11.8 Å². The molecular weight excluding hydrogens is 280 g/mol. The molecule has 0 bridgehead atoms. The molecule has 0 fully saturated rings. The Morgan fingerprint density at radius 1 is 0.909 bits per heavy atom. The van der Waals surface area contributed by atoms with E-state index in [-0.39, 0.29) is 18.4 Å². The third kappa shape index (κ3) is 11.5. The summed E-state index contributed by atoms with van der Waals surface area (Å²) < 4.78 is 0. The van der Waals surface area contributed by atoms with Crippen molar-refractivity contribution >= 4 is 11.8 Å². The first kappa shape index (κ1) is 20.9. The van der Waals surface area contributed by atoms with Crippen molar-refractivity contribution in [1.29, 1.82) is 0 Å². The highest BCUT2D eigenvalue weighted by Gasteiger charge is 2.18. The van der Waals surface area contributed by atoms with Gasteiger partial charge in [-0.25, -0.2) is 0 Å². The van der Waals surface area contributed by atoms with Crippen LogP contribution in [0, 0.1) is 0 Å². The number of hydrogen-bond donors (Lipinski definition) is 3. The summed E-state index contributed by atoms with van der Waals surface area (Å²) in [5.41, 5.74) is 0. The van der Waals surface area contributed by atoms with Gasteiger partial charge in [0.15, 0.2) is 0 Å². The van der Waals surface area contributed by atoms with Crippen molar-refractivity contribution in [2.75, 3.05) is 13.2 Å². The van der Waals surface area contributed by atoms with E-state index in [0.717, 1.165) is 32.1 Å². The van der Waals surface area contributed by atoms with Crippen LogP contribution in [0.4, 0.5) is 0 Å². The molecule has 130 valence electrons. The van der Waals surface area contributed by atoms with Crippen LogP contribution in [0.15, 0.2) is 0 Å². The first-order valence-electron chi connectivity index (χ1n) is 8.83. The summed E-state index contributed by atoms with van der Waals surface area (Å²) in [6.07, 6.45) is 10.3. The highest BCUT2D eigenvalue weighted by molar-refractivity contribution is 5.87. The summed E-state index contributed by atoms with van der Waals surface area (Å²) >= 11 is 0. The molecule has 0 rings (SSSR count). The van der Waals surface area contributed by atoms with Gasteiger partial charge in [0.05, 0.1) is 6.61 Å². The number of nitrogens with one attached hydrogen (secondary N) is 2. The minimum absolute atomic E-state index is 0.165. The average Bonchev–Trinajstić information content (AvgIpc) is 2.51. The molecule has 0 saturated heterocycles. The Bertz CT molecular complexity index is 296. The number of aliphatic hydroxyl groups excluding tert-OH is 1. The van der Waals surface area contributed by atoms with Gasteiger partial charge in [-0.15, -0.1) is 0 Å². The van der Waals surface area contributed by atoms with Gasteiger partial charge in [0.25, 0.3) is 0 Å². The fourth-order valence-corrected chi connectivity index (χ4v) is 2.24. The normalized spacial score (nSPS) is 12.0. The Morgan fingerprint density at radius 3 is 2.14 bits per heavy atom. The first-order valence-corrected chi connectivity index (χ1v) is 8.83. The maximum Gasteiger partial charge on any atom is 0.244 e. The van der Waals surface area contributed by atoms with Gasteiger partial charge >= 0.3 is 0 Å². The molecule has 5 nitrogen and oxygen atoms in total. The number of unbranched alkanes of at least 4 members (excludes halogenated alkanes) is 7. The predicted octanol–water partition coefficient (Wildman–Crippen LogP) is 2.52. The van der Waals surface area contributed by atoms with Crippen LogP contribution >= 0.6 is 0 Å². The van der Waals surface area contributed by atoms with Crippen LogP contribution in [-0.2, 0) is 9.59 Å². The number of rotatable bonds is 14. The smallest absolute Gasteiger partial charge is 0.244 e. The number of carbonyl (C=O) groups is 2. The van der Waals surface area contributed by atoms with Crippen LogP contribution < -0.4 is 10.6 Å². The molecule has 3 N–H and O–H groups in total. The molecule has 5 heteroatoms. The monoisotopic (exact) mass is 314 g/mol. The van der Waals surface area contributed by atoms with E-state index < -0.39 is 6.04 Å². The quantitative estimate of drug-likeness (QED) is 0.431. The van der Waals surface area contributed by atoms with Crippen molar-refractivity contribution in [3.8, 4) is 0 Å². The predicted molar refractivity (Wildman–Crippen MR) is 89.5 cm³/mol. The van der Waals surface area contributed by atoms with Crippen molar-refractivity contribution in [3.05, 3.63) is 0 Å². The van der Waals surface area contributed by atoms with Crippen molar-refractivity contribution < 1.29 is 14.7 Å². The SMILES string of the molecule is CCCCCCCCNC(=O)[C@H](CO)NC(=O)CCCCC. The molecule has 0 aromatic rings. The molecule has 0 aliphatic heterocycles. The van der Waals surface area contributed by atoms with E-state index in [1.807, 2.05) is 0 Å². The van der Waals surface area contributed by atoms with Crippen LogP contribution in [0.3, 0.4) is 0 Å². The first-order chi connectivity index (χ1) is 10.7. The van der Waals surface area contributed by atoms with E-state index in [4.69, 9.17) is 0 Å². The molecule has 0 aromatic heterocycles. The summed E-state index contributed by atoms with van der Waals surface area (Å²) in [4.78, 5) is 23.6. The van der Waals surface area contributed by atoms with Crippen LogP contribution in [0.25, 0.3) is 0 Å². The van der Waals surface area contributed by atoms with E-state index in [2.05, 4.69) is 24.5 Å². The van der Waals surface area contributed by atoms with E-state index in [9.17, 15) is 14.7 Å². The highest BCUT2D eigenvalue weighted by atomic mass is 16.3. The van der Waals surface area contributed by atoms with Crippen molar-refractivity contribution in [2.24, 2.45) is 0 Å². The van der Waals surface area contributed by atoms with Crippen LogP contribution in [0.5, 0.6) is 0 Å². The second-order valence-electron chi connectivity index (χ2n) is 5.82. The fourth-order valence-electron chi connectivity index (χ4n) is 2.24. The Labute approximate surface area is 135 Å². The molecule has 0 radical (unpaired) electrons. The fraction of sp³-hybridized carbons (Fsp3) is 0.882. The third-order valence-corrected chi connectivity index (χ3v) is 3.67. The van der Waals surface area contributed by atoms with E-state index in [0.29, 0.717) is 13.0 Å². The van der Waals surface area contributed by atoms with Gasteiger partial charge in [-0.05, 0) is 12.8 Å². The van der Waals surface area contributed by atoms with Crippen LogP contribution in [0.2, 0.25) is 0 Å². The molecule has 0 aliphatic carbocycles. The number of aliphatic hydroxyl groups is 1. The van der Waals surface area contributed by atoms with Gasteiger partial charge in [-0.2, -0.15) is 0 Å². The Morgan fingerprint density at radius 2 is 1.50 bits per heavy atom. The molecule has 0 unspecified atom stereocenters. The molecule has 0 aliphatic rings. The Kier molecular flexibility index (Phi) is 14.1. The van der Waals surface area contributed by atoms with Gasteiger partial charge in [-0.1, -0.05) is 58.8 Å². The molecular formula is C17H34N2O3. The zero-order chi connectivity index (χ0) is 16.6. The molecule has 0 heterocycles. The average molecular weight is 314 g/mol. The zero-order valence-corrected chi connectivity index (χ0v) is 14.3. The number of carbonyl (C=O) groups excluding carboxylic acids is 2. The third-order valence-electron chi connectivity index (χ3n) is 3.67. The lowest BCUT2D eigenvalue weighted by atomic mass is 10.1. The van der Waals surface area contributed by atoms with Gasteiger partial charge < -0.3 is 15.7 Å². The molecule has 0 aromatic carbocycles. The lowest BCUT2D eigenvalue weighted by molar-refractivity contribution is -0.130. The maximum atomic E-state index is 11.9. The Balaban J connectivity index is 3.78. The maximum absolute atomic E-state index is 11.9. The lowest BCUT2D eigenvalue weighted by Gasteiger charge is -2.16. The Hall–Kier alpha value is -1.10. The van der Waals surface area contributed by atoms with Crippen molar-refractivity contribution in [2.45, 2.75) is 84.1 Å². The topological polar surface area (TPSA) is 78.4 Å². The highest BCUT2D eigenvalue weighted by Crippen LogP contribution is 2.04. The van der Waals surface area contributed by atoms with Gasteiger partial charge in [0, 0.05) is 13.0 Å². The zero-order valence-electron chi connectivity index (χ0n) is 14.3. The summed E-state index contributed by atoms with van der Waals surface area (Å²) in [6, 6.07) is -0.825. The van der Waals surface area contributed by atoms with Crippen LogP contribution in [-0.4, -0.2) is 36.1 Å². The molecule has 1 atom stereocenters. The molecule has 0 saturated carbocycles. The summed E-state index contributed by atoms with van der Waals surface area (Å²) in [5.74, 6) is -0.456. The lowest BCUT2D eigenvalue weighted by Crippen LogP contribution is -2.49. The van der Waals surface area contributed by atoms with Crippen LogP contribution in [0.1, 0.15) is 78.1 Å². The molecule has 0 spiro atoms. The summed E-state index contributed by atoms with van der Waals surface area (Å²) in [6.45, 7) is 4.50. The van der Waals surface area contributed by atoms with E-state index in [1.54, 1.807) is 0 Å². The second-order valence-corrected chi connectivity index (χ2v) is 5.82. The van der Waals surface area contributed by atoms with E-state index in [1.165, 1.54) is 25.7 Å². The summed E-state index contributed by atoms with van der Waals surface area (Å²) in [5, 5.41) is 14.6. The summed E-state index contributed by atoms with van der Waals surface area (Å²) in [7, 11) is 0. The molecule has 2 amide bonds. The second kappa shape index (κ2) is 14.8. The minimum atomic E-state index is -0.825. The van der Waals surface area contributed by atoms with E-state index >= 15 is 0 Å². The largest absolute Gasteiger partial charge is 0.394 e. The van der Waals surface area contributed by atoms with Gasteiger partial charge in [0.1, 0.15) is 6.04 Å². The standard InChI is InChI=1S/C17H34N2O3/c1-3-5-7-8-9-11-13-18-17(22)15(14-20)19-16(21)12-10-6-4-2/h15,20H,3-14H2,1-2H3,(H,18,22)(H,19,21)/t15-/m0/s1. The van der Waals surface area contributed by atoms with Crippen molar-refractivity contribution in [3.63, 3.8) is 0 Å². The number of hydrogen-bond acceptors (Lipinski definition) is 3. The van der Waals surface area contributed by atoms with Crippen molar-refractivity contribution in [1.82, 2.24) is 10.6 Å². The van der Waals surface area contributed by atoms with Gasteiger partial charge in [-0.3, -0.25) is 9.59 Å². The molecule has 22 heavy (non-hydrogen) atoms.